The lowest BCUT2D eigenvalue weighted by Crippen LogP contribution is -2.38. The second-order valence-corrected chi connectivity index (χ2v) is 7.99. The Morgan fingerprint density at radius 1 is 1.10 bits per heavy atom. The number of hydrogen-bond donors (Lipinski definition) is 0. The highest BCUT2D eigenvalue weighted by atomic mass is 79.9. The molecule has 0 radical (unpaired) electrons. The fourth-order valence-electron chi connectivity index (χ4n) is 3.02. The quantitative estimate of drug-likeness (QED) is 0.393. The van der Waals surface area contributed by atoms with Crippen LogP contribution in [-0.2, 0) is 0 Å². The third-order valence-corrected chi connectivity index (χ3v) is 6.21. The van der Waals surface area contributed by atoms with Crippen LogP contribution >= 0.6 is 39.7 Å². The van der Waals surface area contributed by atoms with Crippen molar-refractivity contribution >= 4 is 60.9 Å². The summed E-state index contributed by atoms with van der Waals surface area (Å²) in [7, 11) is 3.22. The summed E-state index contributed by atoms with van der Waals surface area (Å²) < 4.78 is 17.8. The van der Waals surface area contributed by atoms with E-state index in [0.717, 1.165) is 24.3 Å². The van der Waals surface area contributed by atoms with E-state index >= 15 is 0 Å². The van der Waals surface area contributed by atoms with Crippen molar-refractivity contribution in [3.8, 4) is 11.5 Å². The molecule has 0 N–H and O–H groups in total. The Kier molecular flexibility index (Phi) is 8.96. The number of ether oxygens (including phenoxy) is 2. The van der Waals surface area contributed by atoms with Crippen LogP contribution in [0.4, 0.5) is 5.13 Å². The fourth-order valence-corrected chi connectivity index (χ4v) is 4.42. The second kappa shape index (κ2) is 11.0. The molecule has 0 fully saturated rings. The number of anilines is 1. The summed E-state index contributed by atoms with van der Waals surface area (Å²) in [5.41, 5.74) is 0.674. The molecule has 1 aromatic carbocycles. The Hall–Kier alpha value is -1.81. The summed E-state index contributed by atoms with van der Waals surface area (Å²) in [5.74, 6) is 1.36. The van der Waals surface area contributed by atoms with E-state index in [1.807, 2.05) is 12.1 Å². The van der Waals surface area contributed by atoms with Gasteiger partial charge in [0.1, 0.15) is 21.7 Å². The number of hydrogen-bond acceptors (Lipinski definition) is 7. The highest BCUT2D eigenvalue weighted by Gasteiger charge is 2.26. The number of benzene rings is 1. The van der Waals surface area contributed by atoms with Crippen LogP contribution in [0.5, 0.6) is 11.5 Å². The molecule has 2 heterocycles. The molecule has 0 atom stereocenters. The maximum Gasteiger partial charge on any atom is 0.295 e. The van der Waals surface area contributed by atoms with E-state index in [1.54, 1.807) is 31.3 Å². The number of methoxy groups -OCH3 is 2. The minimum absolute atomic E-state index is 0. The SMILES string of the molecule is CCN(CC)CCN(C(=O)c1ccc(Br)o1)c1nc2c(OC)ccc(OC)c2s1.Cl. The van der Waals surface area contributed by atoms with E-state index < -0.39 is 0 Å². The number of aromatic nitrogens is 1. The first-order valence-corrected chi connectivity index (χ1v) is 10.9. The predicted octanol–water partition coefficient (Wildman–Crippen LogP) is 5.08. The highest BCUT2D eigenvalue weighted by molar-refractivity contribution is 9.10. The number of nitrogens with zero attached hydrogens (tertiary/aromatic N) is 3. The normalized spacial score (nSPS) is 10.9. The number of likely N-dealkylation sites (N-methyl/N-ethyl adjacent to an activating group) is 1. The minimum Gasteiger partial charge on any atom is -0.495 e. The molecule has 0 aliphatic carbocycles. The number of carbonyl (C=O) groups is 1. The lowest BCUT2D eigenvalue weighted by molar-refractivity contribution is 0.0956. The van der Waals surface area contributed by atoms with Gasteiger partial charge in [0.05, 0.1) is 14.2 Å². The third-order valence-electron chi connectivity index (χ3n) is 4.69. The van der Waals surface area contributed by atoms with Gasteiger partial charge in [-0.2, -0.15) is 0 Å². The Morgan fingerprint density at radius 3 is 2.33 bits per heavy atom. The van der Waals surface area contributed by atoms with E-state index in [9.17, 15) is 4.79 Å². The summed E-state index contributed by atoms with van der Waals surface area (Å²) in [6.45, 7) is 7.24. The Labute approximate surface area is 194 Å². The van der Waals surface area contributed by atoms with Crippen LogP contribution in [0, 0.1) is 0 Å². The second-order valence-electron chi connectivity index (χ2n) is 6.23. The smallest absolute Gasteiger partial charge is 0.295 e. The van der Waals surface area contributed by atoms with Gasteiger partial charge in [0, 0.05) is 13.1 Å². The summed E-state index contributed by atoms with van der Waals surface area (Å²) in [6.07, 6.45) is 0. The number of amides is 1. The molecule has 164 valence electrons. The van der Waals surface area contributed by atoms with Crippen LogP contribution in [0.1, 0.15) is 24.4 Å². The molecule has 0 spiro atoms. The van der Waals surface area contributed by atoms with Crippen molar-refractivity contribution in [3.05, 3.63) is 34.7 Å². The topological polar surface area (TPSA) is 68.0 Å². The first kappa shape index (κ1) is 24.5. The number of carbonyl (C=O) groups excluding carboxylic acids is 1. The number of thiazole rings is 1. The first-order valence-electron chi connectivity index (χ1n) is 9.33. The first-order chi connectivity index (χ1) is 14.0. The zero-order valence-electron chi connectivity index (χ0n) is 17.3. The van der Waals surface area contributed by atoms with Gasteiger partial charge in [0.25, 0.3) is 5.91 Å². The van der Waals surface area contributed by atoms with Crippen LogP contribution in [-0.4, -0.2) is 56.2 Å². The molecular weight excluding hydrogens is 494 g/mol. The average molecular weight is 519 g/mol. The van der Waals surface area contributed by atoms with E-state index in [1.165, 1.54) is 11.3 Å². The summed E-state index contributed by atoms with van der Waals surface area (Å²) in [5, 5.41) is 0.576. The standard InChI is InChI=1S/C20H24BrN3O4S.ClH/c1-5-23(6-2)11-12-24(19(25)15-9-10-16(21)28-15)20-22-17-13(26-3)7-8-14(27-4)18(17)29-20;/h7-10H,5-6,11-12H2,1-4H3;1H. The van der Waals surface area contributed by atoms with Gasteiger partial charge in [-0.15, -0.1) is 12.4 Å². The van der Waals surface area contributed by atoms with Crippen molar-refractivity contribution in [2.75, 3.05) is 45.3 Å². The van der Waals surface area contributed by atoms with Crippen molar-refractivity contribution < 1.29 is 18.7 Å². The van der Waals surface area contributed by atoms with Crippen LogP contribution in [0.15, 0.2) is 33.4 Å². The van der Waals surface area contributed by atoms with Gasteiger partial charge >= 0.3 is 0 Å². The highest BCUT2D eigenvalue weighted by Crippen LogP contribution is 2.40. The van der Waals surface area contributed by atoms with Crippen LogP contribution in [0.2, 0.25) is 0 Å². The molecule has 2 aromatic heterocycles. The lowest BCUT2D eigenvalue weighted by Gasteiger charge is -2.24. The van der Waals surface area contributed by atoms with E-state index in [2.05, 4.69) is 34.7 Å². The number of halogens is 2. The molecule has 1 amide bonds. The largest absolute Gasteiger partial charge is 0.495 e. The number of furan rings is 1. The molecular formula is C20H25BrClN3O4S. The van der Waals surface area contributed by atoms with E-state index in [4.69, 9.17) is 18.9 Å². The maximum absolute atomic E-state index is 13.2. The van der Waals surface area contributed by atoms with E-state index in [0.29, 0.717) is 33.4 Å². The summed E-state index contributed by atoms with van der Waals surface area (Å²) >= 11 is 4.66. The van der Waals surface area contributed by atoms with Crippen LogP contribution in [0.25, 0.3) is 10.2 Å². The van der Waals surface area contributed by atoms with Crippen LogP contribution < -0.4 is 14.4 Å². The molecule has 0 unspecified atom stereocenters. The van der Waals surface area contributed by atoms with Crippen molar-refractivity contribution in [1.82, 2.24) is 9.88 Å². The van der Waals surface area contributed by atoms with Crippen LogP contribution in [0.3, 0.4) is 0 Å². The third kappa shape index (κ3) is 5.08. The van der Waals surface area contributed by atoms with Gasteiger partial charge in [-0.25, -0.2) is 4.98 Å². The average Bonchev–Trinajstić information content (AvgIpc) is 3.36. The molecule has 0 saturated heterocycles. The number of rotatable bonds is 9. The van der Waals surface area contributed by atoms with Gasteiger partial charge in [0.15, 0.2) is 15.6 Å². The molecule has 0 bridgehead atoms. The monoisotopic (exact) mass is 517 g/mol. The molecule has 30 heavy (non-hydrogen) atoms. The molecule has 10 heteroatoms. The van der Waals surface area contributed by atoms with Crippen molar-refractivity contribution in [2.24, 2.45) is 0 Å². The maximum atomic E-state index is 13.2. The summed E-state index contributed by atoms with van der Waals surface area (Å²) in [4.78, 5) is 21.9. The minimum atomic E-state index is -0.236. The lowest BCUT2D eigenvalue weighted by atomic mass is 10.3. The van der Waals surface area contributed by atoms with Crippen molar-refractivity contribution in [2.45, 2.75) is 13.8 Å². The van der Waals surface area contributed by atoms with Gasteiger partial charge in [-0.05, 0) is 53.3 Å². The Bertz CT molecular complexity index is 949. The zero-order valence-corrected chi connectivity index (χ0v) is 20.5. The molecule has 3 aromatic rings. The van der Waals surface area contributed by atoms with Gasteiger partial charge in [-0.3, -0.25) is 9.69 Å². The van der Waals surface area contributed by atoms with Crippen molar-refractivity contribution in [1.29, 1.82) is 0 Å². The Morgan fingerprint density at radius 2 is 1.77 bits per heavy atom. The fraction of sp³-hybridized carbons (Fsp3) is 0.400. The van der Waals surface area contributed by atoms with Gasteiger partial charge < -0.3 is 18.8 Å². The van der Waals surface area contributed by atoms with Gasteiger partial charge in [0.2, 0.25) is 0 Å². The predicted molar refractivity (Wildman–Crippen MR) is 126 cm³/mol. The van der Waals surface area contributed by atoms with Crippen molar-refractivity contribution in [3.63, 3.8) is 0 Å². The Balaban J connectivity index is 0.00000320. The molecule has 0 aliphatic rings. The summed E-state index contributed by atoms with van der Waals surface area (Å²) in [6, 6.07) is 7.02. The van der Waals surface area contributed by atoms with E-state index in [-0.39, 0.29) is 24.1 Å². The molecule has 7 nitrogen and oxygen atoms in total. The molecule has 3 rings (SSSR count). The van der Waals surface area contributed by atoms with Gasteiger partial charge in [-0.1, -0.05) is 25.2 Å². The number of fused-ring (bicyclic) bond motifs is 1. The molecule has 0 saturated carbocycles. The zero-order chi connectivity index (χ0) is 21.0. The molecule has 0 aliphatic heterocycles.